The smallest absolute Gasteiger partial charge is 0.126 e. The van der Waals surface area contributed by atoms with Gasteiger partial charge in [-0.2, -0.15) is 0 Å². The Balaban J connectivity index is 2.50. The Kier molecular flexibility index (Phi) is 5.48. The molecule has 0 fully saturated rings. The van der Waals surface area contributed by atoms with E-state index >= 15 is 0 Å². The Bertz CT molecular complexity index is 746. The first-order valence-electron chi connectivity index (χ1n) is 8.87. The van der Waals surface area contributed by atoms with E-state index in [1.54, 1.807) is 0 Å². The lowest BCUT2D eigenvalue weighted by atomic mass is 9.77. The number of aromatic hydroxyl groups is 1. The standard InChI is InChI=1S/C22H29F2NO/c1-21(2,3)17-10-14(11-18(20(17)26)22(4,5)6)19(25)9-13-7-15(23)12-16(24)8-13/h7-8,10-12,19,26H,9,25H2,1-6H3. The Morgan fingerprint density at radius 2 is 1.27 bits per heavy atom. The number of phenols is 1. The van der Waals surface area contributed by atoms with E-state index in [2.05, 4.69) is 0 Å². The van der Waals surface area contributed by atoms with Crippen LogP contribution >= 0.6 is 0 Å². The second kappa shape index (κ2) is 6.99. The first-order valence-corrected chi connectivity index (χ1v) is 8.87. The predicted molar refractivity (Wildman–Crippen MR) is 102 cm³/mol. The van der Waals surface area contributed by atoms with Gasteiger partial charge in [-0.25, -0.2) is 8.78 Å². The molecule has 0 saturated heterocycles. The summed E-state index contributed by atoms with van der Waals surface area (Å²) in [6.07, 6.45) is 0.312. The fourth-order valence-corrected chi connectivity index (χ4v) is 3.11. The van der Waals surface area contributed by atoms with Crippen molar-refractivity contribution in [3.05, 3.63) is 64.2 Å². The van der Waals surface area contributed by atoms with Crippen LogP contribution in [0.5, 0.6) is 5.75 Å². The molecule has 0 bridgehead atoms. The molecule has 0 aliphatic rings. The van der Waals surface area contributed by atoms with Crippen molar-refractivity contribution in [2.24, 2.45) is 5.73 Å². The monoisotopic (exact) mass is 361 g/mol. The third-order valence-corrected chi connectivity index (χ3v) is 4.55. The van der Waals surface area contributed by atoms with Crippen LogP contribution in [0.1, 0.15) is 69.8 Å². The lowest BCUT2D eigenvalue weighted by Crippen LogP contribution is -2.21. The van der Waals surface area contributed by atoms with Gasteiger partial charge in [-0.15, -0.1) is 0 Å². The fraction of sp³-hybridized carbons (Fsp3) is 0.455. The largest absolute Gasteiger partial charge is 0.507 e. The van der Waals surface area contributed by atoms with Gasteiger partial charge >= 0.3 is 0 Å². The maximum atomic E-state index is 13.5. The molecule has 0 radical (unpaired) electrons. The molecule has 0 saturated carbocycles. The van der Waals surface area contributed by atoms with Crippen LogP contribution in [0, 0.1) is 11.6 Å². The van der Waals surface area contributed by atoms with Crippen molar-refractivity contribution in [2.45, 2.75) is 64.8 Å². The van der Waals surface area contributed by atoms with Gasteiger partial charge in [0, 0.05) is 12.1 Å². The zero-order valence-corrected chi connectivity index (χ0v) is 16.5. The average molecular weight is 361 g/mol. The van der Waals surface area contributed by atoms with Gasteiger partial charge in [0.05, 0.1) is 0 Å². The van der Waals surface area contributed by atoms with Gasteiger partial charge in [0.2, 0.25) is 0 Å². The van der Waals surface area contributed by atoms with Crippen molar-refractivity contribution >= 4 is 0 Å². The molecule has 2 rings (SSSR count). The van der Waals surface area contributed by atoms with Crippen LogP contribution in [0.15, 0.2) is 30.3 Å². The van der Waals surface area contributed by atoms with Crippen LogP contribution in [0.4, 0.5) is 8.78 Å². The van der Waals surface area contributed by atoms with E-state index in [1.807, 2.05) is 53.7 Å². The summed E-state index contributed by atoms with van der Waals surface area (Å²) in [5.41, 5.74) is 8.86. The Morgan fingerprint density at radius 3 is 1.65 bits per heavy atom. The molecule has 2 aromatic rings. The molecule has 0 aliphatic carbocycles. The molecular formula is C22H29F2NO. The number of halogens is 2. The lowest BCUT2D eigenvalue weighted by Gasteiger charge is -2.29. The molecule has 2 nitrogen and oxygen atoms in total. The van der Waals surface area contributed by atoms with Crippen molar-refractivity contribution in [2.75, 3.05) is 0 Å². The summed E-state index contributed by atoms with van der Waals surface area (Å²) in [7, 11) is 0. The number of rotatable bonds is 3. The van der Waals surface area contributed by atoms with Crippen LogP contribution < -0.4 is 5.73 Å². The minimum Gasteiger partial charge on any atom is -0.507 e. The lowest BCUT2D eigenvalue weighted by molar-refractivity contribution is 0.422. The van der Waals surface area contributed by atoms with E-state index in [0.717, 1.165) is 22.8 Å². The zero-order valence-electron chi connectivity index (χ0n) is 16.5. The van der Waals surface area contributed by atoms with E-state index in [1.165, 1.54) is 12.1 Å². The molecule has 142 valence electrons. The quantitative estimate of drug-likeness (QED) is 0.757. The minimum absolute atomic E-state index is 0.259. The Morgan fingerprint density at radius 1 is 0.846 bits per heavy atom. The molecule has 26 heavy (non-hydrogen) atoms. The van der Waals surface area contributed by atoms with Crippen molar-refractivity contribution in [3.8, 4) is 5.75 Å². The number of hydrogen-bond donors (Lipinski definition) is 2. The normalized spacial score (nSPS) is 13.7. The summed E-state index contributed by atoms with van der Waals surface area (Å²) in [6, 6.07) is 6.84. The molecule has 1 unspecified atom stereocenters. The van der Waals surface area contributed by atoms with Gasteiger partial charge in [0.1, 0.15) is 17.4 Å². The van der Waals surface area contributed by atoms with Gasteiger partial charge in [0.25, 0.3) is 0 Å². The highest BCUT2D eigenvalue weighted by molar-refractivity contribution is 5.50. The van der Waals surface area contributed by atoms with Gasteiger partial charge in [-0.3, -0.25) is 0 Å². The third-order valence-electron chi connectivity index (χ3n) is 4.55. The second-order valence-corrected chi connectivity index (χ2v) is 9.05. The Labute approximate surface area is 155 Å². The molecular weight excluding hydrogens is 332 g/mol. The van der Waals surface area contributed by atoms with E-state index in [0.29, 0.717) is 12.0 Å². The molecule has 1 atom stereocenters. The molecule has 0 spiro atoms. The topological polar surface area (TPSA) is 46.2 Å². The van der Waals surface area contributed by atoms with Crippen LogP contribution in [-0.2, 0) is 17.3 Å². The first-order chi connectivity index (χ1) is 11.8. The average Bonchev–Trinajstić information content (AvgIpc) is 2.43. The van der Waals surface area contributed by atoms with E-state index in [9.17, 15) is 13.9 Å². The number of nitrogens with two attached hydrogens (primary N) is 1. The van der Waals surface area contributed by atoms with Crippen LogP contribution in [-0.4, -0.2) is 5.11 Å². The van der Waals surface area contributed by atoms with E-state index in [-0.39, 0.29) is 16.6 Å². The minimum atomic E-state index is -0.608. The summed E-state index contributed by atoms with van der Waals surface area (Å²) >= 11 is 0. The maximum absolute atomic E-state index is 13.5. The molecule has 2 aromatic carbocycles. The van der Waals surface area contributed by atoms with E-state index < -0.39 is 17.7 Å². The number of phenolic OH excluding ortho intramolecular Hbond substituents is 1. The van der Waals surface area contributed by atoms with Crippen molar-refractivity contribution in [1.29, 1.82) is 0 Å². The highest BCUT2D eigenvalue weighted by atomic mass is 19.1. The maximum Gasteiger partial charge on any atom is 0.126 e. The summed E-state index contributed by atoms with van der Waals surface area (Å²) < 4.78 is 26.9. The summed E-state index contributed by atoms with van der Waals surface area (Å²) in [4.78, 5) is 0. The number of benzene rings is 2. The van der Waals surface area contributed by atoms with Gasteiger partial charge in [0.15, 0.2) is 0 Å². The summed E-state index contributed by atoms with van der Waals surface area (Å²) in [5, 5.41) is 10.8. The predicted octanol–water partition coefficient (Wildman–Crippen LogP) is 5.51. The highest BCUT2D eigenvalue weighted by Crippen LogP contribution is 2.40. The van der Waals surface area contributed by atoms with E-state index in [4.69, 9.17) is 5.73 Å². The van der Waals surface area contributed by atoms with Crippen LogP contribution in [0.3, 0.4) is 0 Å². The second-order valence-electron chi connectivity index (χ2n) is 9.05. The Hall–Kier alpha value is -1.94. The summed E-state index contributed by atoms with van der Waals surface area (Å²) in [6.45, 7) is 12.2. The fourth-order valence-electron chi connectivity index (χ4n) is 3.11. The van der Waals surface area contributed by atoms with Crippen LogP contribution in [0.25, 0.3) is 0 Å². The SMILES string of the molecule is CC(C)(C)c1cc(C(N)Cc2cc(F)cc(F)c2)cc(C(C)(C)C)c1O. The summed E-state index contributed by atoms with van der Waals surface area (Å²) in [5.74, 6) is -0.926. The van der Waals surface area contributed by atoms with Crippen LogP contribution in [0.2, 0.25) is 0 Å². The zero-order chi connectivity index (χ0) is 19.9. The molecule has 3 N–H and O–H groups in total. The van der Waals surface area contributed by atoms with Crippen molar-refractivity contribution in [1.82, 2.24) is 0 Å². The van der Waals surface area contributed by atoms with Crippen molar-refractivity contribution in [3.63, 3.8) is 0 Å². The van der Waals surface area contributed by atoms with Crippen molar-refractivity contribution < 1.29 is 13.9 Å². The highest BCUT2D eigenvalue weighted by Gasteiger charge is 2.27. The molecule has 0 heterocycles. The van der Waals surface area contributed by atoms with Gasteiger partial charge in [-0.1, -0.05) is 41.5 Å². The van der Waals surface area contributed by atoms with Gasteiger partial charge < -0.3 is 10.8 Å². The molecule has 0 amide bonds. The molecule has 0 aliphatic heterocycles. The molecule has 4 heteroatoms. The third kappa shape index (κ3) is 4.61. The number of hydrogen-bond acceptors (Lipinski definition) is 2. The molecule has 0 aromatic heterocycles. The first kappa shape index (κ1) is 20.4. The van der Waals surface area contributed by atoms with Gasteiger partial charge in [-0.05, 0) is 63.8 Å².